The van der Waals surface area contributed by atoms with E-state index in [4.69, 9.17) is 4.74 Å². The van der Waals surface area contributed by atoms with Crippen molar-refractivity contribution in [2.45, 2.75) is 32.4 Å². The second-order valence-electron chi connectivity index (χ2n) is 6.24. The molecule has 0 aromatic heterocycles. The molecule has 2 aliphatic rings. The van der Waals surface area contributed by atoms with E-state index in [1.807, 2.05) is 38.1 Å². The van der Waals surface area contributed by atoms with Crippen molar-refractivity contribution >= 4 is 23.2 Å². The first-order valence-electron chi connectivity index (χ1n) is 8.11. The van der Waals surface area contributed by atoms with Crippen LogP contribution < -0.4 is 10.2 Å². The molecule has 0 bridgehead atoms. The van der Waals surface area contributed by atoms with Crippen molar-refractivity contribution < 1.29 is 14.3 Å². The van der Waals surface area contributed by atoms with Gasteiger partial charge < -0.3 is 15.0 Å². The smallest absolute Gasteiger partial charge is 0.252 e. The van der Waals surface area contributed by atoms with Gasteiger partial charge in [0.15, 0.2) is 0 Å². The molecule has 2 fully saturated rings. The zero-order valence-corrected chi connectivity index (χ0v) is 13.6. The van der Waals surface area contributed by atoms with Crippen LogP contribution in [0.15, 0.2) is 24.3 Å². The van der Waals surface area contributed by atoms with E-state index in [0.717, 1.165) is 37.7 Å². The Morgan fingerprint density at radius 2 is 1.78 bits per heavy atom. The molecule has 23 heavy (non-hydrogen) atoms. The van der Waals surface area contributed by atoms with Crippen LogP contribution in [0.4, 0.5) is 11.4 Å². The van der Waals surface area contributed by atoms with Crippen molar-refractivity contribution in [3.05, 3.63) is 24.3 Å². The molecule has 2 amide bonds. The number of ether oxygens (including phenoxy) is 1. The van der Waals surface area contributed by atoms with Gasteiger partial charge in [0.05, 0.1) is 19.6 Å². The van der Waals surface area contributed by atoms with E-state index >= 15 is 0 Å². The van der Waals surface area contributed by atoms with Crippen LogP contribution in [0.3, 0.4) is 0 Å². The van der Waals surface area contributed by atoms with E-state index in [9.17, 15) is 9.59 Å². The predicted octanol–water partition coefficient (Wildman–Crippen LogP) is 1.47. The number of imide groups is 1. The largest absolute Gasteiger partial charge is 0.378 e. The SMILES string of the molecule is CC(C)N1C(=O)C[C@@H](Nc2ccc(N3CCOCC3)cc2)C1=O. The Labute approximate surface area is 136 Å². The van der Waals surface area contributed by atoms with Gasteiger partial charge in [0.1, 0.15) is 6.04 Å². The highest BCUT2D eigenvalue weighted by Crippen LogP contribution is 2.23. The summed E-state index contributed by atoms with van der Waals surface area (Å²) in [6, 6.07) is 7.44. The number of likely N-dealkylation sites (tertiary alicyclic amines) is 1. The first kappa shape index (κ1) is 15.8. The summed E-state index contributed by atoms with van der Waals surface area (Å²) in [6.45, 7) is 7.01. The van der Waals surface area contributed by atoms with Crippen molar-refractivity contribution in [3.63, 3.8) is 0 Å². The molecule has 1 aromatic carbocycles. The number of carbonyl (C=O) groups excluding carboxylic acids is 2. The summed E-state index contributed by atoms with van der Waals surface area (Å²) >= 11 is 0. The summed E-state index contributed by atoms with van der Waals surface area (Å²) in [6.07, 6.45) is 0.224. The van der Waals surface area contributed by atoms with Gasteiger partial charge in [-0.1, -0.05) is 0 Å². The maximum atomic E-state index is 12.3. The highest BCUT2D eigenvalue weighted by Gasteiger charge is 2.39. The van der Waals surface area contributed by atoms with E-state index in [0.29, 0.717) is 0 Å². The average molecular weight is 317 g/mol. The Kier molecular flexibility index (Phi) is 4.52. The summed E-state index contributed by atoms with van der Waals surface area (Å²) in [5, 5.41) is 3.18. The maximum absolute atomic E-state index is 12.3. The minimum Gasteiger partial charge on any atom is -0.378 e. The van der Waals surface area contributed by atoms with Crippen LogP contribution in [0.2, 0.25) is 0 Å². The first-order valence-corrected chi connectivity index (χ1v) is 8.11. The van der Waals surface area contributed by atoms with E-state index < -0.39 is 6.04 Å². The number of morpholine rings is 1. The van der Waals surface area contributed by atoms with Crippen molar-refractivity contribution in [2.24, 2.45) is 0 Å². The number of amides is 2. The molecular weight excluding hydrogens is 294 g/mol. The standard InChI is InChI=1S/C17H23N3O3/c1-12(2)20-16(21)11-15(17(20)22)18-13-3-5-14(6-4-13)19-7-9-23-10-8-19/h3-6,12,15,18H,7-11H2,1-2H3/t15-/m1/s1. The lowest BCUT2D eigenvalue weighted by Gasteiger charge is -2.29. The number of hydrogen-bond donors (Lipinski definition) is 1. The Morgan fingerprint density at radius 3 is 2.35 bits per heavy atom. The molecule has 1 aromatic rings. The van der Waals surface area contributed by atoms with Gasteiger partial charge in [-0.05, 0) is 38.1 Å². The van der Waals surface area contributed by atoms with Gasteiger partial charge in [-0.25, -0.2) is 0 Å². The molecule has 0 spiro atoms. The summed E-state index contributed by atoms with van der Waals surface area (Å²) in [5.41, 5.74) is 2.01. The highest BCUT2D eigenvalue weighted by molar-refractivity contribution is 6.07. The Bertz CT molecular complexity index is 579. The fourth-order valence-corrected chi connectivity index (χ4v) is 3.10. The van der Waals surface area contributed by atoms with Gasteiger partial charge in [-0.2, -0.15) is 0 Å². The Morgan fingerprint density at radius 1 is 1.13 bits per heavy atom. The molecule has 3 rings (SSSR count). The van der Waals surface area contributed by atoms with Crippen LogP contribution in [0.5, 0.6) is 0 Å². The third kappa shape index (κ3) is 3.32. The monoisotopic (exact) mass is 317 g/mol. The Balaban J connectivity index is 1.64. The third-order valence-corrected chi connectivity index (χ3v) is 4.28. The van der Waals surface area contributed by atoms with Gasteiger partial charge in [-0.3, -0.25) is 14.5 Å². The van der Waals surface area contributed by atoms with Gasteiger partial charge >= 0.3 is 0 Å². The van der Waals surface area contributed by atoms with E-state index in [-0.39, 0.29) is 24.3 Å². The van der Waals surface area contributed by atoms with Gasteiger partial charge in [-0.15, -0.1) is 0 Å². The molecule has 0 unspecified atom stereocenters. The summed E-state index contributed by atoms with van der Waals surface area (Å²) in [5.74, 6) is -0.241. The van der Waals surface area contributed by atoms with Crippen LogP contribution >= 0.6 is 0 Å². The lowest BCUT2D eigenvalue weighted by molar-refractivity contribution is -0.140. The fraction of sp³-hybridized carbons (Fsp3) is 0.529. The molecule has 1 N–H and O–H groups in total. The fourth-order valence-electron chi connectivity index (χ4n) is 3.10. The summed E-state index contributed by atoms with van der Waals surface area (Å²) in [4.78, 5) is 27.9. The molecule has 2 saturated heterocycles. The normalized spacial score (nSPS) is 22.1. The van der Waals surface area contributed by atoms with Crippen LogP contribution in [0.25, 0.3) is 0 Å². The van der Waals surface area contributed by atoms with Gasteiger partial charge in [0.25, 0.3) is 5.91 Å². The van der Waals surface area contributed by atoms with Crippen molar-refractivity contribution in [3.8, 4) is 0 Å². The lowest BCUT2D eigenvalue weighted by Crippen LogP contribution is -2.39. The molecule has 6 nitrogen and oxygen atoms in total. The van der Waals surface area contributed by atoms with Gasteiger partial charge in [0.2, 0.25) is 5.91 Å². The minimum absolute atomic E-state index is 0.0921. The first-order chi connectivity index (χ1) is 11.1. The second-order valence-corrected chi connectivity index (χ2v) is 6.24. The Hall–Kier alpha value is -2.08. The number of nitrogens with one attached hydrogen (secondary N) is 1. The second kappa shape index (κ2) is 6.58. The molecule has 0 radical (unpaired) electrons. The third-order valence-electron chi connectivity index (χ3n) is 4.28. The summed E-state index contributed by atoms with van der Waals surface area (Å²) in [7, 11) is 0. The van der Waals surface area contributed by atoms with Gasteiger partial charge in [0, 0.05) is 30.5 Å². The molecule has 6 heteroatoms. The molecule has 0 aliphatic carbocycles. The average Bonchev–Trinajstić information content (AvgIpc) is 2.83. The number of nitrogens with zero attached hydrogens (tertiary/aromatic N) is 2. The van der Waals surface area contributed by atoms with Crippen LogP contribution in [0, 0.1) is 0 Å². The number of hydrogen-bond acceptors (Lipinski definition) is 5. The quantitative estimate of drug-likeness (QED) is 0.852. The topological polar surface area (TPSA) is 61.9 Å². The number of anilines is 2. The van der Waals surface area contributed by atoms with E-state index in [1.54, 1.807) is 0 Å². The highest BCUT2D eigenvalue weighted by atomic mass is 16.5. The van der Waals surface area contributed by atoms with E-state index in [2.05, 4.69) is 10.2 Å². The van der Waals surface area contributed by atoms with Crippen LogP contribution in [-0.4, -0.2) is 55.1 Å². The zero-order chi connectivity index (χ0) is 16.4. The maximum Gasteiger partial charge on any atom is 0.252 e. The number of benzene rings is 1. The number of carbonyl (C=O) groups is 2. The van der Waals surface area contributed by atoms with E-state index in [1.165, 1.54) is 4.90 Å². The summed E-state index contributed by atoms with van der Waals surface area (Å²) < 4.78 is 5.36. The molecule has 0 saturated carbocycles. The molecule has 124 valence electrons. The van der Waals surface area contributed by atoms with Crippen molar-refractivity contribution in [1.29, 1.82) is 0 Å². The predicted molar refractivity (Wildman–Crippen MR) is 88.5 cm³/mol. The van der Waals surface area contributed by atoms with Crippen molar-refractivity contribution in [1.82, 2.24) is 4.90 Å². The number of rotatable bonds is 4. The minimum atomic E-state index is -0.459. The molecule has 1 atom stereocenters. The zero-order valence-electron chi connectivity index (χ0n) is 13.6. The molecule has 2 aliphatic heterocycles. The molecule has 2 heterocycles. The van der Waals surface area contributed by atoms with Crippen LogP contribution in [0.1, 0.15) is 20.3 Å². The lowest BCUT2D eigenvalue weighted by atomic mass is 10.2. The van der Waals surface area contributed by atoms with Crippen molar-refractivity contribution in [2.75, 3.05) is 36.5 Å². The molecular formula is C17H23N3O3. The van der Waals surface area contributed by atoms with Crippen LogP contribution in [-0.2, 0) is 14.3 Å².